The maximum atomic E-state index is 5.13. The lowest BCUT2D eigenvalue weighted by molar-refractivity contribution is 0.243. The van der Waals surface area contributed by atoms with Crippen LogP contribution in [0, 0.1) is 0 Å². The van der Waals surface area contributed by atoms with Gasteiger partial charge in [0.15, 0.2) is 5.82 Å². The number of hydrogen-bond donors (Lipinski definition) is 1. The average molecular weight is 303 g/mol. The molecule has 1 saturated heterocycles. The Bertz CT molecular complexity index is 607. The quantitative estimate of drug-likeness (QED) is 0.860. The summed E-state index contributed by atoms with van der Waals surface area (Å²) in [6, 6.07) is 0. The Morgan fingerprint density at radius 3 is 2.68 bits per heavy atom. The van der Waals surface area contributed by atoms with Gasteiger partial charge in [0.25, 0.3) is 0 Å². The van der Waals surface area contributed by atoms with Gasteiger partial charge >= 0.3 is 0 Å². The van der Waals surface area contributed by atoms with Crippen molar-refractivity contribution in [3.05, 3.63) is 24.0 Å². The number of nitrogens with zero attached hydrogens (tertiary/aromatic N) is 6. The first kappa shape index (κ1) is 14.7. The smallest absolute Gasteiger partial charge is 0.233 e. The van der Waals surface area contributed by atoms with Crippen LogP contribution in [0.1, 0.15) is 18.6 Å². The minimum absolute atomic E-state index is 0.550. The van der Waals surface area contributed by atoms with Gasteiger partial charge in [-0.3, -0.25) is 15.0 Å². The van der Waals surface area contributed by atoms with Crippen molar-refractivity contribution in [2.24, 2.45) is 0 Å². The summed E-state index contributed by atoms with van der Waals surface area (Å²) < 4.78 is 5.13. The zero-order chi connectivity index (χ0) is 15.4. The third-order valence-corrected chi connectivity index (χ3v) is 3.77. The minimum Gasteiger partial charge on any atom is -0.480 e. The number of nitrogens with one attached hydrogen (secondary N) is 1. The van der Waals surface area contributed by atoms with E-state index < -0.39 is 0 Å². The predicted molar refractivity (Wildman–Crippen MR) is 81.8 cm³/mol. The van der Waals surface area contributed by atoms with Crippen molar-refractivity contribution in [2.75, 3.05) is 38.2 Å². The van der Waals surface area contributed by atoms with Crippen LogP contribution >= 0.6 is 0 Å². The van der Waals surface area contributed by atoms with E-state index in [2.05, 4.69) is 41.9 Å². The average Bonchev–Trinajstić information content (AvgIpc) is 3.03. The van der Waals surface area contributed by atoms with Crippen LogP contribution in [0.15, 0.2) is 12.4 Å². The molecule has 0 bridgehead atoms. The normalized spacial score (nSPS) is 16.0. The van der Waals surface area contributed by atoms with E-state index in [0.717, 1.165) is 56.6 Å². The van der Waals surface area contributed by atoms with Crippen molar-refractivity contribution in [1.82, 2.24) is 30.0 Å². The topological polar surface area (TPSA) is 83.1 Å². The molecule has 8 nitrogen and oxygen atoms in total. The Balaban J connectivity index is 1.55. The van der Waals surface area contributed by atoms with Crippen molar-refractivity contribution in [3.63, 3.8) is 0 Å². The van der Waals surface area contributed by atoms with E-state index in [9.17, 15) is 0 Å². The molecule has 0 unspecified atom stereocenters. The lowest BCUT2D eigenvalue weighted by Crippen LogP contribution is -2.46. The molecule has 22 heavy (non-hydrogen) atoms. The van der Waals surface area contributed by atoms with Crippen LogP contribution < -0.4 is 9.64 Å². The SMILES string of the molecule is CCc1n[nH]c(CN2CCN(c3cncc(OC)n3)CC2)n1. The number of hydrogen-bond acceptors (Lipinski definition) is 7. The van der Waals surface area contributed by atoms with Crippen LogP contribution in [0.3, 0.4) is 0 Å². The first-order valence-electron chi connectivity index (χ1n) is 7.52. The third kappa shape index (κ3) is 3.33. The lowest BCUT2D eigenvalue weighted by Gasteiger charge is -2.34. The van der Waals surface area contributed by atoms with Gasteiger partial charge < -0.3 is 9.64 Å². The molecule has 3 heterocycles. The Labute approximate surface area is 129 Å². The Morgan fingerprint density at radius 2 is 2.00 bits per heavy atom. The van der Waals surface area contributed by atoms with E-state index >= 15 is 0 Å². The highest BCUT2D eigenvalue weighted by Gasteiger charge is 2.19. The van der Waals surface area contributed by atoms with Gasteiger partial charge in [-0.15, -0.1) is 0 Å². The first-order chi connectivity index (χ1) is 10.8. The molecule has 0 aromatic carbocycles. The minimum atomic E-state index is 0.550. The zero-order valence-corrected chi connectivity index (χ0v) is 13.0. The summed E-state index contributed by atoms with van der Waals surface area (Å²) in [5, 5.41) is 7.18. The van der Waals surface area contributed by atoms with Gasteiger partial charge in [-0.05, 0) is 0 Å². The molecule has 1 aliphatic rings. The first-order valence-corrected chi connectivity index (χ1v) is 7.52. The standard InChI is InChI=1S/C14H21N7O/c1-3-11-16-12(19-18-11)10-20-4-6-21(7-5-20)13-8-15-9-14(17-13)22-2/h8-9H,3-7,10H2,1-2H3,(H,16,18,19). The molecule has 2 aromatic rings. The van der Waals surface area contributed by atoms with E-state index in [1.807, 2.05) is 0 Å². The van der Waals surface area contributed by atoms with E-state index in [4.69, 9.17) is 4.74 Å². The largest absolute Gasteiger partial charge is 0.480 e. The summed E-state index contributed by atoms with van der Waals surface area (Å²) in [7, 11) is 1.60. The van der Waals surface area contributed by atoms with Gasteiger partial charge in [0.2, 0.25) is 5.88 Å². The highest BCUT2D eigenvalue weighted by molar-refractivity contribution is 5.38. The van der Waals surface area contributed by atoms with Crippen molar-refractivity contribution >= 4 is 5.82 Å². The summed E-state index contributed by atoms with van der Waals surface area (Å²) in [6.45, 7) is 6.61. The number of aryl methyl sites for hydroxylation is 1. The molecule has 1 aliphatic heterocycles. The van der Waals surface area contributed by atoms with Gasteiger partial charge in [-0.2, -0.15) is 10.1 Å². The molecule has 0 radical (unpaired) electrons. The summed E-state index contributed by atoms with van der Waals surface area (Å²) >= 11 is 0. The molecule has 118 valence electrons. The van der Waals surface area contributed by atoms with E-state index in [-0.39, 0.29) is 0 Å². The molecule has 1 fully saturated rings. The number of anilines is 1. The van der Waals surface area contributed by atoms with E-state index in [0.29, 0.717) is 5.88 Å². The second kappa shape index (κ2) is 6.69. The molecular weight excluding hydrogens is 282 g/mol. The number of H-pyrrole nitrogens is 1. The molecule has 3 rings (SSSR count). The van der Waals surface area contributed by atoms with Gasteiger partial charge in [-0.25, -0.2) is 4.98 Å². The zero-order valence-electron chi connectivity index (χ0n) is 13.0. The molecule has 0 saturated carbocycles. The number of aromatic nitrogens is 5. The van der Waals surface area contributed by atoms with Gasteiger partial charge in [-0.1, -0.05) is 6.92 Å². The molecule has 0 aliphatic carbocycles. The summed E-state index contributed by atoms with van der Waals surface area (Å²) in [6.07, 6.45) is 4.26. The van der Waals surface area contributed by atoms with E-state index in [1.54, 1.807) is 19.5 Å². The van der Waals surface area contributed by atoms with Gasteiger partial charge in [0, 0.05) is 32.6 Å². The van der Waals surface area contributed by atoms with E-state index in [1.165, 1.54) is 0 Å². The van der Waals surface area contributed by atoms with Crippen LogP contribution in [0.4, 0.5) is 5.82 Å². The van der Waals surface area contributed by atoms with Crippen molar-refractivity contribution in [2.45, 2.75) is 19.9 Å². The molecule has 1 N–H and O–H groups in total. The Hall–Kier alpha value is -2.22. The monoisotopic (exact) mass is 303 g/mol. The van der Waals surface area contributed by atoms with Crippen LogP contribution in [0.25, 0.3) is 0 Å². The fourth-order valence-electron chi connectivity index (χ4n) is 2.50. The Kier molecular flexibility index (Phi) is 4.47. The number of rotatable bonds is 5. The van der Waals surface area contributed by atoms with Crippen molar-refractivity contribution in [1.29, 1.82) is 0 Å². The number of methoxy groups -OCH3 is 1. The van der Waals surface area contributed by atoms with Crippen molar-refractivity contribution in [3.8, 4) is 5.88 Å². The lowest BCUT2D eigenvalue weighted by atomic mass is 10.3. The molecule has 8 heteroatoms. The third-order valence-electron chi connectivity index (χ3n) is 3.77. The van der Waals surface area contributed by atoms with Crippen LogP contribution in [0.2, 0.25) is 0 Å². The van der Waals surface area contributed by atoms with Crippen LogP contribution in [-0.2, 0) is 13.0 Å². The molecule has 2 aromatic heterocycles. The second-order valence-corrected chi connectivity index (χ2v) is 5.23. The second-order valence-electron chi connectivity index (χ2n) is 5.23. The molecular formula is C14H21N7O. The predicted octanol–water partition coefficient (Wildman–Crippen LogP) is 0.488. The van der Waals surface area contributed by atoms with Gasteiger partial charge in [0.05, 0.1) is 26.0 Å². The summed E-state index contributed by atoms with van der Waals surface area (Å²) in [5.74, 6) is 3.23. The van der Waals surface area contributed by atoms with Gasteiger partial charge in [0.1, 0.15) is 11.6 Å². The number of aromatic amines is 1. The fourth-order valence-corrected chi connectivity index (χ4v) is 2.50. The maximum Gasteiger partial charge on any atom is 0.233 e. The molecule has 0 atom stereocenters. The van der Waals surface area contributed by atoms with Crippen LogP contribution in [0.5, 0.6) is 5.88 Å². The summed E-state index contributed by atoms with van der Waals surface area (Å²) in [4.78, 5) is 17.6. The highest BCUT2D eigenvalue weighted by Crippen LogP contribution is 2.16. The van der Waals surface area contributed by atoms with Crippen molar-refractivity contribution < 1.29 is 4.74 Å². The number of piperazine rings is 1. The fraction of sp³-hybridized carbons (Fsp3) is 0.571. The number of ether oxygens (including phenoxy) is 1. The molecule has 0 amide bonds. The Morgan fingerprint density at radius 1 is 1.18 bits per heavy atom. The highest BCUT2D eigenvalue weighted by atomic mass is 16.5. The van der Waals surface area contributed by atoms with Crippen LogP contribution in [-0.4, -0.2) is 63.3 Å². The summed E-state index contributed by atoms with van der Waals surface area (Å²) in [5.41, 5.74) is 0. The maximum absolute atomic E-state index is 5.13. The molecule has 0 spiro atoms.